The molecule has 33 heavy (non-hydrogen) atoms. The molecule has 1 atom stereocenters. The second-order valence-electron chi connectivity index (χ2n) is 8.50. The van der Waals surface area contributed by atoms with Crippen LogP contribution in [0.2, 0.25) is 0 Å². The van der Waals surface area contributed by atoms with Crippen LogP contribution in [0.3, 0.4) is 0 Å². The van der Waals surface area contributed by atoms with Gasteiger partial charge in [-0.3, -0.25) is 4.90 Å². The first-order chi connectivity index (χ1) is 16.1. The summed E-state index contributed by atoms with van der Waals surface area (Å²) in [7, 11) is 0. The molecule has 1 unspecified atom stereocenters. The molecule has 1 saturated heterocycles. The predicted octanol–water partition coefficient (Wildman–Crippen LogP) is 5.04. The molecule has 2 aliphatic rings. The number of halogens is 1. The molecule has 6 heteroatoms. The number of carbonyl (C=O) groups is 1. The lowest BCUT2D eigenvalue weighted by Gasteiger charge is -2.21. The number of rotatable bonds is 6. The fourth-order valence-corrected chi connectivity index (χ4v) is 4.57. The predicted molar refractivity (Wildman–Crippen MR) is 122 cm³/mol. The summed E-state index contributed by atoms with van der Waals surface area (Å²) in [6.45, 7) is 4.23. The SMILES string of the molecule is Cc1c(F)c2c(c(OCc3ccccc3)c1C(=O)Oc1ccccc1)CN(C1CCOC1)C2. The van der Waals surface area contributed by atoms with Crippen LogP contribution in [0, 0.1) is 12.7 Å². The number of para-hydroxylation sites is 1. The topological polar surface area (TPSA) is 48.0 Å². The summed E-state index contributed by atoms with van der Waals surface area (Å²) in [4.78, 5) is 15.5. The highest BCUT2D eigenvalue weighted by atomic mass is 19.1. The van der Waals surface area contributed by atoms with Crippen LogP contribution in [0.4, 0.5) is 4.39 Å². The quantitative estimate of drug-likeness (QED) is 0.392. The molecule has 5 rings (SSSR count). The number of benzene rings is 3. The van der Waals surface area contributed by atoms with Crippen molar-refractivity contribution >= 4 is 5.97 Å². The van der Waals surface area contributed by atoms with E-state index in [1.54, 1.807) is 31.2 Å². The van der Waals surface area contributed by atoms with Gasteiger partial charge in [-0.1, -0.05) is 48.5 Å². The van der Waals surface area contributed by atoms with Gasteiger partial charge in [-0.25, -0.2) is 9.18 Å². The highest BCUT2D eigenvalue weighted by Crippen LogP contribution is 2.41. The number of ether oxygens (including phenoxy) is 3. The molecule has 0 radical (unpaired) electrons. The van der Waals surface area contributed by atoms with E-state index in [9.17, 15) is 4.79 Å². The van der Waals surface area contributed by atoms with Crippen LogP contribution in [0.25, 0.3) is 0 Å². The van der Waals surface area contributed by atoms with Gasteiger partial charge in [0.25, 0.3) is 0 Å². The van der Waals surface area contributed by atoms with Gasteiger partial charge < -0.3 is 14.2 Å². The molecule has 0 aliphatic carbocycles. The van der Waals surface area contributed by atoms with Crippen molar-refractivity contribution in [3.05, 3.63) is 94.3 Å². The molecule has 1 fully saturated rings. The summed E-state index contributed by atoms with van der Waals surface area (Å²) in [5.41, 5.74) is 2.69. The van der Waals surface area contributed by atoms with Gasteiger partial charge in [0.05, 0.1) is 6.61 Å². The van der Waals surface area contributed by atoms with Crippen LogP contribution in [-0.2, 0) is 24.4 Å². The molecular weight excluding hydrogens is 421 g/mol. The molecule has 0 bridgehead atoms. The van der Waals surface area contributed by atoms with Crippen LogP contribution < -0.4 is 9.47 Å². The lowest BCUT2D eigenvalue weighted by atomic mass is 9.98. The van der Waals surface area contributed by atoms with Crippen molar-refractivity contribution in [3.63, 3.8) is 0 Å². The monoisotopic (exact) mass is 447 g/mol. The number of esters is 1. The number of hydrogen-bond donors (Lipinski definition) is 0. The first-order valence-corrected chi connectivity index (χ1v) is 11.2. The molecule has 0 saturated carbocycles. The first-order valence-electron chi connectivity index (χ1n) is 11.2. The third-order valence-corrected chi connectivity index (χ3v) is 6.36. The number of carbonyl (C=O) groups excluding carboxylic acids is 1. The number of hydrogen-bond acceptors (Lipinski definition) is 5. The molecule has 3 aromatic rings. The van der Waals surface area contributed by atoms with Crippen molar-refractivity contribution in [2.75, 3.05) is 13.2 Å². The summed E-state index contributed by atoms with van der Waals surface area (Å²) < 4.78 is 32.9. The second-order valence-corrected chi connectivity index (χ2v) is 8.50. The molecule has 0 amide bonds. The van der Waals surface area contributed by atoms with E-state index in [4.69, 9.17) is 14.2 Å². The van der Waals surface area contributed by atoms with Gasteiger partial charge in [0.1, 0.15) is 29.5 Å². The van der Waals surface area contributed by atoms with Crippen LogP contribution in [0.15, 0.2) is 60.7 Å². The molecule has 170 valence electrons. The third-order valence-electron chi connectivity index (χ3n) is 6.36. The fourth-order valence-electron chi connectivity index (χ4n) is 4.57. The Morgan fingerprint density at radius 3 is 2.45 bits per heavy atom. The standard InChI is InChI=1S/C27H26FNO4/c1-18-24(27(30)33-21-10-6-3-7-11-21)26(32-16-19-8-4-2-5-9-19)23-15-29(14-22(23)25(18)28)20-12-13-31-17-20/h2-11,20H,12-17H2,1H3. The Balaban J connectivity index is 1.53. The van der Waals surface area contributed by atoms with E-state index in [-0.39, 0.29) is 29.6 Å². The zero-order valence-electron chi connectivity index (χ0n) is 18.6. The maximum atomic E-state index is 15.5. The normalized spacial score (nSPS) is 17.7. The van der Waals surface area contributed by atoms with Gasteiger partial charge in [-0.05, 0) is 31.0 Å². The van der Waals surface area contributed by atoms with Gasteiger partial charge in [0.15, 0.2) is 0 Å². The average molecular weight is 448 g/mol. The van der Waals surface area contributed by atoms with Gasteiger partial charge in [-0.2, -0.15) is 0 Å². The van der Waals surface area contributed by atoms with E-state index in [2.05, 4.69) is 4.90 Å². The average Bonchev–Trinajstić information content (AvgIpc) is 3.52. The first kappa shape index (κ1) is 21.6. The molecule has 3 aromatic carbocycles. The second kappa shape index (κ2) is 9.33. The summed E-state index contributed by atoms with van der Waals surface area (Å²) in [6.07, 6.45) is 0.914. The van der Waals surface area contributed by atoms with E-state index in [0.29, 0.717) is 43.4 Å². The van der Waals surface area contributed by atoms with Crippen LogP contribution >= 0.6 is 0 Å². The van der Waals surface area contributed by atoms with Crippen LogP contribution in [-0.4, -0.2) is 30.1 Å². The summed E-state index contributed by atoms with van der Waals surface area (Å²) in [5, 5.41) is 0. The highest BCUT2D eigenvalue weighted by Gasteiger charge is 2.36. The summed E-state index contributed by atoms with van der Waals surface area (Å²) >= 11 is 0. The number of fused-ring (bicyclic) bond motifs is 1. The Morgan fingerprint density at radius 2 is 1.76 bits per heavy atom. The fraction of sp³-hybridized carbons (Fsp3) is 0.296. The van der Waals surface area contributed by atoms with Crippen molar-refractivity contribution in [1.29, 1.82) is 0 Å². The molecule has 0 aromatic heterocycles. The van der Waals surface area contributed by atoms with E-state index in [1.807, 2.05) is 36.4 Å². The molecule has 0 N–H and O–H groups in total. The lowest BCUT2D eigenvalue weighted by Crippen LogP contribution is -2.30. The van der Waals surface area contributed by atoms with Gasteiger partial charge in [0.2, 0.25) is 0 Å². The van der Waals surface area contributed by atoms with Gasteiger partial charge in [0, 0.05) is 42.4 Å². The minimum Gasteiger partial charge on any atom is -0.488 e. The Bertz CT molecular complexity index is 1140. The number of nitrogens with zero attached hydrogens (tertiary/aromatic N) is 1. The Morgan fingerprint density at radius 1 is 1.06 bits per heavy atom. The molecule has 2 aliphatic heterocycles. The summed E-state index contributed by atoms with van der Waals surface area (Å²) in [6, 6.07) is 18.8. The van der Waals surface area contributed by atoms with E-state index < -0.39 is 5.97 Å². The van der Waals surface area contributed by atoms with Crippen molar-refractivity contribution in [3.8, 4) is 11.5 Å². The van der Waals surface area contributed by atoms with Crippen molar-refractivity contribution in [1.82, 2.24) is 4.90 Å². The molecular formula is C27H26FNO4. The maximum Gasteiger partial charge on any atom is 0.347 e. The van der Waals surface area contributed by atoms with Crippen molar-refractivity contribution < 1.29 is 23.4 Å². The van der Waals surface area contributed by atoms with Crippen LogP contribution in [0.1, 0.15) is 39.0 Å². The van der Waals surface area contributed by atoms with Crippen LogP contribution in [0.5, 0.6) is 11.5 Å². The van der Waals surface area contributed by atoms with Crippen molar-refractivity contribution in [2.24, 2.45) is 0 Å². The summed E-state index contributed by atoms with van der Waals surface area (Å²) in [5.74, 6) is -0.166. The Kier molecular flexibility index (Phi) is 6.11. The molecule has 0 spiro atoms. The van der Waals surface area contributed by atoms with Gasteiger partial charge >= 0.3 is 5.97 Å². The zero-order valence-corrected chi connectivity index (χ0v) is 18.6. The highest BCUT2D eigenvalue weighted by molar-refractivity contribution is 5.96. The smallest absolute Gasteiger partial charge is 0.347 e. The minimum atomic E-state index is -0.619. The molecule has 5 nitrogen and oxygen atoms in total. The van der Waals surface area contributed by atoms with Gasteiger partial charge in [-0.15, -0.1) is 0 Å². The molecule has 2 heterocycles. The minimum absolute atomic E-state index is 0.149. The Hall–Kier alpha value is -3.22. The van der Waals surface area contributed by atoms with Crippen molar-refractivity contribution in [2.45, 2.75) is 39.1 Å². The largest absolute Gasteiger partial charge is 0.488 e. The van der Waals surface area contributed by atoms with E-state index in [0.717, 1.165) is 17.5 Å². The van der Waals surface area contributed by atoms with E-state index in [1.165, 1.54) is 0 Å². The Labute approximate surface area is 192 Å². The lowest BCUT2D eigenvalue weighted by molar-refractivity contribution is 0.0727. The maximum absolute atomic E-state index is 15.5. The van der Waals surface area contributed by atoms with E-state index >= 15 is 4.39 Å². The third kappa shape index (κ3) is 4.36. The zero-order chi connectivity index (χ0) is 22.8.